The van der Waals surface area contributed by atoms with Crippen LogP contribution in [0.5, 0.6) is 11.5 Å². The molecule has 1 atom stereocenters. The molecule has 1 aromatic carbocycles. The number of carboxylic acid groups (broad SMARTS) is 1. The minimum Gasteiger partial charge on any atom is -0.490 e. The van der Waals surface area contributed by atoms with Crippen molar-refractivity contribution in [3.8, 4) is 11.5 Å². The highest BCUT2D eigenvalue weighted by Gasteiger charge is 2.33. The van der Waals surface area contributed by atoms with Crippen molar-refractivity contribution >= 4 is 23.6 Å². The van der Waals surface area contributed by atoms with Gasteiger partial charge in [0.05, 0.1) is 12.3 Å². The number of hydrogen-bond acceptors (Lipinski definition) is 4. The molecule has 1 unspecified atom stereocenters. The SMILES string of the molecule is C=CCN1C(=O)C(C)Oc2c(OCC)cc(/C=C/C(=O)O)cc21. The second kappa shape index (κ2) is 7.00. The van der Waals surface area contributed by atoms with Gasteiger partial charge in [0.15, 0.2) is 17.6 Å². The minimum absolute atomic E-state index is 0.181. The Morgan fingerprint density at radius 1 is 1.52 bits per heavy atom. The van der Waals surface area contributed by atoms with E-state index < -0.39 is 12.1 Å². The molecule has 1 N–H and O–H groups in total. The van der Waals surface area contributed by atoms with Crippen LogP contribution in [0.15, 0.2) is 30.9 Å². The maximum atomic E-state index is 12.3. The number of hydrogen-bond donors (Lipinski definition) is 1. The molecule has 1 aromatic rings. The van der Waals surface area contributed by atoms with Crippen molar-refractivity contribution < 1.29 is 24.2 Å². The quantitative estimate of drug-likeness (QED) is 0.644. The first-order chi connectivity index (χ1) is 11.0. The number of aliphatic carboxylic acids is 1. The van der Waals surface area contributed by atoms with Gasteiger partial charge in [-0.3, -0.25) is 4.79 Å². The molecule has 0 aromatic heterocycles. The van der Waals surface area contributed by atoms with Crippen LogP contribution in [0.1, 0.15) is 19.4 Å². The lowest BCUT2D eigenvalue weighted by atomic mass is 10.1. The van der Waals surface area contributed by atoms with E-state index in [1.165, 1.54) is 6.08 Å². The van der Waals surface area contributed by atoms with Gasteiger partial charge in [0.1, 0.15) is 0 Å². The van der Waals surface area contributed by atoms with E-state index in [2.05, 4.69) is 6.58 Å². The number of fused-ring (bicyclic) bond motifs is 1. The van der Waals surface area contributed by atoms with Crippen molar-refractivity contribution in [1.82, 2.24) is 0 Å². The molecule has 1 aliphatic heterocycles. The van der Waals surface area contributed by atoms with Crippen molar-refractivity contribution in [3.05, 3.63) is 36.4 Å². The Morgan fingerprint density at radius 3 is 2.87 bits per heavy atom. The van der Waals surface area contributed by atoms with Crippen LogP contribution in [0.2, 0.25) is 0 Å². The molecule has 122 valence electrons. The lowest BCUT2D eigenvalue weighted by Gasteiger charge is -2.33. The average Bonchev–Trinajstić information content (AvgIpc) is 2.51. The molecular formula is C17H19NO5. The van der Waals surface area contributed by atoms with Crippen LogP contribution in [0.4, 0.5) is 5.69 Å². The standard InChI is InChI=1S/C17H19NO5/c1-4-8-18-13-9-12(6-7-15(19)20)10-14(22-5-2)16(13)23-11(3)17(18)21/h4,6-7,9-11H,1,5,8H2,2-3H3,(H,19,20)/b7-6+. The van der Waals surface area contributed by atoms with Gasteiger partial charge in [-0.05, 0) is 37.6 Å². The topological polar surface area (TPSA) is 76.1 Å². The summed E-state index contributed by atoms with van der Waals surface area (Å²) in [5, 5.41) is 8.78. The minimum atomic E-state index is -1.05. The van der Waals surface area contributed by atoms with Gasteiger partial charge in [-0.15, -0.1) is 6.58 Å². The summed E-state index contributed by atoms with van der Waals surface area (Å²) in [6.07, 6.45) is 3.48. The monoisotopic (exact) mass is 317 g/mol. The van der Waals surface area contributed by atoms with Gasteiger partial charge in [0.25, 0.3) is 5.91 Å². The molecule has 1 heterocycles. The van der Waals surface area contributed by atoms with Gasteiger partial charge >= 0.3 is 5.97 Å². The summed E-state index contributed by atoms with van der Waals surface area (Å²) in [4.78, 5) is 24.6. The molecular weight excluding hydrogens is 298 g/mol. The summed E-state index contributed by atoms with van der Waals surface area (Å²) >= 11 is 0. The number of ether oxygens (including phenoxy) is 2. The molecule has 1 amide bonds. The number of amides is 1. The Morgan fingerprint density at radius 2 is 2.26 bits per heavy atom. The summed E-state index contributed by atoms with van der Waals surface area (Å²) < 4.78 is 11.3. The van der Waals surface area contributed by atoms with Crippen LogP contribution in [-0.2, 0) is 9.59 Å². The fraction of sp³-hybridized carbons (Fsp3) is 0.294. The summed E-state index contributed by atoms with van der Waals surface area (Å²) in [5.41, 5.74) is 1.15. The molecule has 0 fully saturated rings. The predicted molar refractivity (Wildman–Crippen MR) is 86.9 cm³/mol. The third-order valence-electron chi connectivity index (χ3n) is 3.29. The fourth-order valence-electron chi connectivity index (χ4n) is 2.34. The summed E-state index contributed by atoms with van der Waals surface area (Å²) in [5.74, 6) is -0.277. The van der Waals surface area contributed by atoms with Crippen LogP contribution in [0.3, 0.4) is 0 Å². The number of benzene rings is 1. The maximum absolute atomic E-state index is 12.3. The van der Waals surface area contributed by atoms with Crippen LogP contribution < -0.4 is 14.4 Å². The van der Waals surface area contributed by atoms with Crippen molar-refractivity contribution in [3.63, 3.8) is 0 Å². The highest BCUT2D eigenvalue weighted by Crippen LogP contribution is 2.43. The van der Waals surface area contributed by atoms with Crippen LogP contribution in [0.25, 0.3) is 6.08 Å². The van der Waals surface area contributed by atoms with Gasteiger partial charge in [-0.2, -0.15) is 0 Å². The zero-order valence-electron chi connectivity index (χ0n) is 13.1. The van der Waals surface area contributed by atoms with E-state index in [0.717, 1.165) is 6.08 Å². The molecule has 0 aliphatic carbocycles. The molecule has 0 radical (unpaired) electrons. The Bertz CT molecular complexity index is 665. The van der Waals surface area contributed by atoms with Crippen LogP contribution >= 0.6 is 0 Å². The molecule has 6 nitrogen and oxygen atoms in total. The van der Waals surface area contributed by atoms with E-state index in [4.69, 9.17) is 14.6 Å². The van der Waals surface area contributed by atoms with Gasteiger partial charge < -0.3 is 19.5 Å². The molecule has 6 heteroatoms. The van der Waals surface area contributed by atoms with E-state index in [9.17, 15) is 9.59 Å². The fourth-order valence-corrected chi connectivity index (χ4v) is 2.34. The first kappa shape index (κ1) is 16.6. The number of carbonyl (C=O) groups is 2. The Balaban J connectivity index is 2.57. The zero-order chi connectivity index (χ0) is 17.0. The Labute approximate surface area is 134 Å². The van der Waals surface area contributed by atoms with Crippen molar-refractivity contribution in [1.29, 1.82) is 0 Å². The van der Waals surface area contributed by atoms with Gasteiger partial charge in [-0.25, -0.2) is 4.79 Å². The Kier molecular flexibility index (Phi) is 5.05. The van der Waals surface area contributed by atoms with E-state index in [0.29, 0.717) is 35.9 Å². The zero-order valence-corrected chi connectivity index (χ0v) is 13.1. The molecule has 2 rings (SSSR count). The molecule has 0 saturated carbocycles. The smallest absolute Gasteiger partial charge is 0.328 e. The number of anilines is 1. The number of carbonyl (C=O) groups excluding carboxylic acids is 1. The van der Waals surface area contributed by atoms with Crippen molar-refractivity contribution in [2.45, 2.75) is 20.0 Å². The van der Waals surface area contributed by atoms with E-state index in [-0.39, 0.29) is 5.91 Å². The lowest BCUT2D eigenvalue weighted by Crippen LogP contribution is -2.44. The molecule has 1 aliphatic rings. The van der Waals surface area contributed by atoms with Gasteiger partial charge in [-0.1, -0.05) is 6.08 Å². The van der Waals surface area contributed by atoms with E-state index >= 15 is 0 Å². The maximum Gasteiger partial charge on any atom is 0.328 e. The van der Waals surface area contributed by atoms with Crippen LogP contribution in [0, 0.1) is 0 Å². The van der Waals surface area contributed by atoms with Gasteiger partial charge in [0.2, 0.25) is 0 Å². The summed E-state index contributed by atoms with van der Waals surface area (Å²) in [6, 6.07) is 3.39. The van der Waals surface area contributed by atoms with E-state index in [1.807, 2.05) is 6.92 Å². The number of carboxylic acids is 1. The summed E-state index contributed by atoms with van der Waals surface area (Å²) in [6.45, 7) is 7.94. The highest BCUT2D eigenvalue weighted by molar-refractivity contribution is 6.01. The number of rotatable bonds is 6. The van der Waals surface area contributed by atoms with Crippen molar-refractivity contribution in [2.75, 3.05) is 18.1 Å². The largest absolute Gasteiger partial charge is 0.490 e. The third kappa shape index (κ3) is 3.53. The van der Waals surface area contributed by atoms with Crippen molar-refractivity contribution in [2.24, 2.45) is 0 Å². The van der Waals surface area contributed by atoms with Crippen LogP contribution in [-0.4, -0.2) is 36.2 Å². The summed E-state index contributed by atoms with van der Waals surface area (Å²) in [7, 11) is 0. The van der Waals surface area contributed by atoms with Gasteiger partial charge in [0, 0.05) is 12.6 Å². The highest BCUT2D eigenvalue weighted by atomic mass is 16.5. The second-order valence-electron chi connectivity index (χ2n) is 4.97. The molecule has 0 saturated heterocycles. The lowest BCUT2D eigenvalue weighted by molar-refractivity contribution is -0.131. The number of nitrogens with zero attached hydrogens (tertiary/aromatic N) is 1. The third-order valence-corrected chi connectivity index (χ3v) is 3.29. The first-order valence-corrected chi connectivity index (χ1v) is 7.28. The Hall–Kier alpha value is -2.76. The molecule has 23 heavy (non-hydrogen) atoms. The predicted octanol–water partition coefficient (Wildman–Crippen LogP) is 2.48. The van der Waals surface area contributed by atoms with E-state index in [1.54, 1.807) is 30.0 Å². The first-order valence-electron chi connectivity index (χ1n) is 7.28. The normalized spacial score (nSPS) is 16.9. The average molecular weight is 317 g/mol. The second-order valence-corrected chi connectivity index (χ2v) is 4.97. The molecule has 0 spiro atoms. The molecule has 0 bridgehead atoms.